The van der Waals surface area contributed by atoms with Crippen LogP contribution in [-0.2, 0) is 30.7 Å². The van der Waals surface area contributed by atoms with Crippen LogP contribution >= 0.6 is 11.6 Å². The number of carbonyl (C=O) groups is 2. The topological polar surface area (TPSA) is 93.2 Å². The molecule has 0 N–H and O–H groups in total. The predicted molar refractivity (Wildman–Crippen MR) is 118 cm³/mol. The van der Waals surface area contributed by atoms with Crippen molar-refractivity contribution >= 4 is 39.2 Å². The average molecular weight is 479 g/mol. The summed E-state index contributed by atoms with van der Waals surface area (Å²) in [6.07, 6.45) is 0.732. The first-order chi connectivity index (χ1) is 15.3. The van der Waals surface area contributed by atoms with Gasteiger partial charge in [0.15, 0.2) is 6.61 Å². The summed E-state index contributed by atoms with van der Waals surface area (Å²) in [5.41, 5.74) is 1.88. The second kappa shape index (κ2) is 9.19. The van der Waals surface area contributed by atoms with E-state index in [1.54, 1.807) is 4.90 Å². The Balaban J connectivity index is 1.47. The third kappa shape index (κ3) is 4.38. The van der Waals surface area contributed by atoms with Crippen molar-refractivity contribution in [3.05, 3.63) is 58.6 Å². The molecule has 2 aliphatic rings. The van der Waals surface area contributed by atoms with E-state index in [9.17, 15) is 18.0 Å². The Morgan fingerprint density at radius 1 is 1.16 bits per heavy atom. The molecule has 1 atom stereocenters. The Bertz CT molecular complexity index is 1150. The lowest BCUT2D eigenvalue weighted by Crippen LogP contribution is -2.40. The van der Waals surface area contributed by atoms with Crippen LogP contribution in [0.2, 0.25) is 5.02 Å². The minimum absolute atomic E-state index is 0.00362. The molecule has 0 unspecified atom stereocenters. The molecule has 1 fully saturated rings. The van der Waals surface area contributed by atoms with Gasteiger partial charge in [-0.1, -0.05) is 29.8 Å². The molecule has 2 heterocycles. The van der Waals surface area contributed by atoms with Gasteiger partial charge >= 0.3 is 5.97 Å². The van der Waals surface area contributed by atoms with Crippen molar-refractivity contribution in [1.82, 2.24) is 4.31 Å². The van der Waals surface area contributed by atoms with Gasteiger partial charge in [0, 0.05) is 24.8 Å². The Morgan fingerprint density at radius 2 is 1.88 bits per heavy atom. The lowest BCUT2D eigenvalue weighted by atomic mass is 10.1. The van der Waals surface area contributed by atoms with Crippen molar-refractivity contribution in [2.45, 2.75) is 24.3 Å². The maximum absolute atomic E-state index is 12.9. The first kappa shape index (κ1) is 22.7. The average Bonchev–Trinajstić information content (AvgIpc) is 3.13. The molecular weight excluding hydrogens is 456 g/mol. The summed E-state index contributed by atoms with van der Waals surface area (Å²) in [7, 11) is -3.90. The van der Waals surface area contributed by atoms with Gasteiger partial charge in [-0.25, -0.2) is 13.2 Å². The van der Waals surface area contributed by atoms with Crippen molar-refractivity contribution < 1.29 is 27.5 Å². The molecule has 0 aromatic heterocycles. The lowest BCUT2D eigenvalue weighted by Gasteiger charge is -2.26. The maximum Gasteiger partial charge on any atom is 0.338 e. The van der Waals surface area contributed by atoms with Crippen molar-refractivity contribution in [2.24, 2.45) is 0 Å². The van der Waals surface area contributed by atoms with Crippen LogP contribution in [0, 0.1) is 0 Å². The third-order valence-corrected chi connectivity index (χ3v) is 7.94. The van der Waals surface area contributed by atoms with E-state index in [2.05, 4.69) is 0 Å². The first-order valence-electron chi connectivity index (χ1n) is 10.2. The minimum Gasteiger partial charge on any atom is -0.452 e. The van der Waals surface area contributed by atoms with Gasteiger partial charge in [0.25, 0.3) is 5.91 Å². The summed E-state index contributed by atoms with van der Waals surface area (Å²) < 4.78 is 37.6. The van der Waals surface area contributed by atoms with Gasteiger partial charge in [0.1, 0.15) is 4.90 Å². The van der Waals surface area contributed by atoms with Crippen molar-refractivity contribution in [3.8, 4) is 0 Å². The summed E-state index contributed by atoms with van der Waals surface area (Å²) >= 11 is 6.13. The molecule has 2 aromatic rings. The molecule has 32 heavy (non-hydrogen) atoms. The monoisotopic (exact) mass is 478 g/mol. The van der Waals surface area contributed by atoms with E-state index >= 15 is 0 Å². The smallest absolute Gasteiger partial charge is 0.338 e. The summed E-state index contributed by atoms with van der Waals surface area (Å²) in [6, 6.07) is 11.5. The fraction of sp³-hybridized carbons (Fsp3) is 0.364. The van der Waals surface area contributed by atoms with Gasteiger partial charge in [0.05, 0.1) is 23.8 Å². The molecule has 170 valence electrons. The number of carbonyl (C=O) groups excluding carboxylic acids is 2. The Morgan fingerprint density at radius 3 is 2.62 bits per heavy atom. The summed E-state index contributed by atoms with van der Waals surface area (Å²) in [5, 5.41) is 0.00613. The van der Waals surface area contributed by atoms with E-state index in [-0.39, 0.29) is 40.5 Å². The van der Waals surface area contributed by atoms with Crippen LogP contribution in [-0.4, -0.2) is 63.6 Å². The van der Waals surface area contributed by atoms with Crippen molar-refractivity contribution in [1.29, 1.82) is 0 Å². The van der Waals surface area contributed by atoms with E-state index < -0.39 is 22.6 Å². The fourth-order valence-electron chi connectivity index (χ4n) is 3.98. The zero-order valence-corrected chi connectivity index (χ0v) is 19.1. The van der Waals surface area contributed by atoms with Crippen molar-refractivity contribution in [3.63, 3.8) is 0 Å². The summed E-state index contributed by atoms with van der Waals surface area (Å²) in [6.45, 7) is 2.47. The van der Waals surface area contributed by atoms with E-state index in [1.165, 1.54) is 22.5 Å². The third-order valence-electron chi connectivity index (χ3n) is 5.56. The highest BCUT2D eigenvalue weighted by Crippen LogP contribution is 2.32. The zero-order valence-electron chi connectivity index (χ0n) is 17.5. The molecule has 10 heteroatoms. The van der Waals surface area contributed by atoms with Gasteiger partial charge in [-0.2, -0.15) is 4.31 Å². The van der Waals surface area contributed by atoms with Gasteiger partial charge in [0.2, 0.25) is 10.0 Å². The van der Waals surface area contributed by atoms with Crippen LogP contribution in [0.4, 0.5) is 5.69 Å². The fourth-order valence-corrected chi connectivity index (χ4v) is 5.89. The zero-order chi connectivity index (χ0) is 22.9. The normalized spacial score (nSPS) is 18.9. The highest BCUT2D eigenvalue weighted by Gasteiger charge is 2.32. The second-order valence-electron chi connectivity index (χ2n) is 7.68. The number of sulfonamides is 1. The number of benzene rings is 2. The molecule has 8 nitrogen and oxygen atoms in total. The molecule has 0 spiro atoms. The number of rotatable bonds is 5. The Labute approximate surface area is 191 Å². The number of nitrogens with zero attached hydrogens (tertiary/aromatic N) is 2. The van der Waals surface area contributed by atoms with Gasteiger partial charge < -0.3 is 14.4 Å². The largest absolute Gasteiger partial charge is 0.452 e. The predicted octanol–water partition coefficient (Wildman–Crippen LogP) is 2.50. The number of ether oxygens (including phenoxy) is 2. The minimum atomic E-state index is -3.90. The number of morpholine rings is 1. The second-order valence-corrected chi connectivity index (χ2v) is 10.00. The molecule has 0 saturated carbocycles. The molecule has 1 saturated heterocycles. The van der Waals surface area contributed by atoms with E-state index in [1.807, 2.05) is 31.2 Å². The molecule has 0 bridgehead atoms. The number of amides is 1. The lowest BCUT2D eigenvalue weighted by molar-refractivity contribution is -0.122. The Hall–Kier alpha value is -2.46. The van der Waals surface area contributed by atoms with E-state index in [4.69, 9.17) is 21.1 Å². The van der Waals surface area contributed by atoms with Crippen LogP contribution in [0.15, 0.2) is 47.4 Å². The number of fused-ring (bicyclic) bond motifs is 1. The number of para-hydroxylation sites is 1. The molecule has 2 aliphatic heterocycles. The van der Waals surface area contributed by atoms with Crippen LogP contribution in [0.1, 0.15) is 22.8 Å². The molecule has 4 rings (SSSR count). The van der Waals surface area contributed by atoms with E-state index in [0.717, 1.165) is 17.7 Å². The number of halogens is 1. The van der Waals surface area contributed by atoms with Crippen LogP contribution in [0.25, 0.3) is 0 Å². The number of anilines is 1. The Kier molecular flexibility index (Phi) is 6.52. The van der Waals surface area contributed by atoms with Crippen LogP contribution < -0.4 is 4.90 Å². The molecule has 0 aliphatic carbocycles. The van der Waals surface area contributed by atoms with E-state index in [0.29, 0.717) is 13.2 Å². The SMILES string of the molecule is C[C@@H]1Cc2ccccc2N1C(=O)COC(=O)c1ccc(Cl)c(S(=O)(=O)N2CCOCC2)c1. The molecule has 1 amide bonds. The molecular formula is C22H23ClN2O6S. The summed E-state index contributed by atoms with van der Waals surface area (Å²) in [4.78, 5) is 26.8. The molecule has 0 radical (unpaired) electrons. The number of hydrogen-bond donors (Lipinski definition) is 0. The highest BCUT2D eigenvalue weighted by atomic mass is 35.5. The first-order valence-corrected chi connectivity index (χ1v) is 12.1. The summed E-state index contributed by atoms with van der Waals surface area (Å²) in [5.74, 6) is -1.14. The van der Waals surface area contributed by atoms with Crippen LogP contribution in [0.5, 0.6) is 0 Å². The van der Waals surface area contributed by atoms with Crippen LogP contribution in [0.3, 0.4) is 0 Å². The number of hydrogen-bond acceptors (Lipinski definition) is 6. The standard InChI is InChI=1S/C22H23ClN2O6S/c1-15-12-16-4-2-3-5-19(16)25(15)21(26)14-31-22(27)17-6-7-18(23)20(13-17)32(28,29)24-8-10-30-11-9-24/h2-7,13,15H,8-12,14H2,1H3/t15-/m1/s1. The molecule has 2 aromatic carbocycles. The van der Waals surface area contributed by atoms with Gasteiger partial charge in [-0.05, 0) is 43.2 Å². The van der Waals surface area contributed by atoms with Crippen molar-refractivity contribution in [2.75, 3.05) is 37.8 Å². The van der Waals surface area contributed by atoms with Gasteiger partial charge in [-0.15, -0.1) is 0 Å². The highest BCUT2D eigenvalue weighted by molar-refractivity contribution is 7.89. The van der Waals surface area contributed by atoms with Gasteiger partial charge in [-0.3, -0.25) is 4.79 Å². The number of esters is 1. The maximum atomic E-state index is 12.9. The quantitative estimate of drug-likeness (QED) is 0.613.